The minimum absolute atomic E-state index is 0.0981. The molecular weight excluding hydrogens is 243 g/mol. The van der Waals surface area contributed by atoms with Crippen molar-refractivity contribution in [3.8, 4) is 0 Å². The van der Waals surface area contributed by atoms with E-state index in [1.807, 2.05) is 0 Å². The Kier molecular flexibility index (Phi) is 4.62. The fraction of sp³-hybridized carbons (Fsp3) is 0.364. The minimum Gasteiger partial charge on any atom is -0.399 e. The second kappa shape index (κ2) is 5.77. The van der Waals surface area contributed by atoms with E-state index >= 15 is 0 Å². The number of hydrogen-bond donors (Lipinski definition) is 2. The molecule has 3 N–H and O–H groups in total. The van der Waals surface area contributed by atoms with E-state index in [4.69, 9.17) is 5.73 Å². The first-order valence-electron chi connectivity index (χ1n) is 5.07. The van der Waals surface area contributed by atoms with Gasteiger partial charge in [0.15, 0.2) is 0 Å². The van der Waals surface area contributed by atoms with E-state index in [2.05, 4.69) is 5.32 Å². The minimum atomic E-state index is -1.03. The quantitative estimate of drug-likeness (QED) is 0.788. The normalized spacial score (nSPS) is 14.1. The van der Waals surface area contributed by atoms with Crippen LogP contribution in [-0.4, -0.2) is 28.2 Å². The van der Waals surface area contributed by atoms with Gasteiger partial charge in [-0.1, -0.05) is 0 Å². The van der Waals surface area contributed by atoms with Crippen LogP contribution in [0.1, 0.15) is 17.3 Å². The summed E-state index contributed by atoms with van der Waals surface area (Å²) in [4.78, 5) is 11.6. The Bertz CT molecular complexity index is 451. The van der Waals surface area contributed by atoms with Crippen LogP contribution >= 0.6 is 0 Å². The van der Waals surface area contributed by atoms with Gasteiger partial charge >= 0.3 is 0 Å². The van der Waals surface area contributed by atoms with Crippen LogP contribution in [0.15, 0.2) is 18.2 Å². The number of carbonyl (C=O) groups excluding carboxylic acids is 1. The standard InChI is InChI=1S/C11H15FN2O2S/c1-7(17(2)16)6-14-11(15)9-5-8(13)3-4-10(9)12/h3-5,7H,6,13H2,1-2H3,(H,14,15). The summed E-state index contributed by atoms with van der Waals surface area (Å²) in [6.45, 7) is 1.97. The molecule has 0 aliphatic carbocycles. The van der Waals surface area contributed by atoms with E-state index < -0.39 is 22.5 Å². The molecule has 0 radical (unpaired) electrons. The van der Waals surface area contributed by atoms with E-state index in [0.717, 1.165) is 6.07 Å². The molecule has 0 fully saturated rings. The lowest BCUT2D eigenvalue weighted by molar-refractivity contribution is 0.0950. The first-order valence-corrected chi connectivity index (χ1v) is 6.69. The molecular formula is C11H15FN2O2S. The zero-order valence-electron chi connectivity index (χ0n) is 9.70. The molecule has 0 aromatic heterocycles. The summed E-state index contributed by atoms with van der Waals surface area (Å²) in [5, 5.41) is 2.34. The summed E-state index contributed by atoms with van der Waals surface area (Å²) in [5.41, 5.74) is 5.70. The zero-order chi connectivity index (χ0) is 13.0. The molecule has 1 rings (SSSR count). The largest absolute Gasteiger partial charge is 0.399 e. The third-order valence-electron chi connectivity index (χ3n) is 2.35. The van der Waals surface area contributed by atoms with Crippen molar-refractivity contribution in [2.24, 2.45) is 0 Å². The second-order valence-corrected chi connectivity index (χ2v) is 5.56. The Morgan fingerprint density at radius 2 is 2.24 bits per heavy atom. The fourth-order valence-electron chi connectivity index (χ4n) is 1.17. The fourth-order valence-corrected chi connectivity index (χ4v) is 1.48. The van der Waals surface area contributed by atoms with Crippen molar-refractivity contribution in [2.75, 3.05) is 18.5 Å². The van der Waals surface area contributed by atoms with Crippen LogP contribution in [-0.2, 0) is 10.8 Å². The molecule has 6 heteroatoms. The Morgan fingerprint density at radius 3 is 2.82 bits per heavy atom. The molecule has 2 atom stereocenters. The predicted molar refractivity (Wildman–Crippen MR) is 66.7 cm³/mol. The van der Waals surface area contributed by atoms with Gasteiger partial charge in [0.1, 0.15) is 5.82 Å². The summed E-state index contributed by atoms with van der Waals surface area (Å²) in [6.07, 6.45) is 1.55. The summed E-state index contributed by atoms with van der Waals surface area (Å²) < 4.78 is 24.4. The van der Waals surface area contributed by atoms with Crippen molar-refractivity contribution in [2.45, 2.75) is 12.2 Å². The lowest BCUT2D eigenvalue weighted by atomic mass is 10.1. The summed E-state index contributed by atoms with van der Waals surface area (Å²) in [6, 6.07) is 3.81. The monoisotopic (exact) mass is 258 g/mol. The zero-order valence-corrected chi connectivity index (χ0v) is 10.5. The average molecular weight is 258 g/mol. The van der Waals surface area contributed by atoms with Crippen molar-refractivity contribution < 1.29 is 13.4 Å². The van der Waals surface area contributed by atoms with Gasteiger partial charge in [-0.3, -0.25) is 9.00 Å². The van der Waals surface area contributed by atoms with E-state index in [1.54, 1.807) is 13.2 Å². The number of amides is 1. The maximum atomic E-state index is 13.3. The number of anilines is 1. The van der Waals surface area contributed by atoms with Crippen LogP contribution in [0.2, 0.25) is 0 Å². The van der Waals surface area contributed by atoms with Crippen molar-refractivity contribution >= 4 is 22.4 Å². The molecule has 4 nitrogen and oxygen atoms in total. The van der Waals surface area contributed by atoms with Crippen LogP contribution in [0.5, 0.6) is 0 Å². The number of nitrogens with one attached hydrogen (secondary N) is 1. The summed E-state index contributed by atoms with van der Waals surface area (Å²) >= 11 is 0. The molecule has 0 aliphatic heterocycles. The van der Waals surface area contributed by atoms with Gasteiger partial charge in [-0.2, -0.15) is 0 Å². The summed E-state index contributed by atoms with van der Waals surface area (Å²) in [5.74, 6) is -1.17. The van der Waals surface area contributed by atoms with Gasteiger partial charge in [0.25, 0.3) is 5.91 Å². The number of halogens is 1. The molecule has 17 heavy (non-hydrogen) atoms. The van der Waals surface area contributed by atoms with Gasteiger partial charge in [0.05, 0.1) is 5.56 Å². The first-order chi connectivity index (χ1) is 7.91. The predicted octanol–water partition coefficient (Wildman–Crippen LogP) is 0.905. The van der Waals surface area contributed by atoms with Gasteiger partial charge in [-0.25, -0.2) is 4.39 Å². The highest BCUT2D eigenvalue weighted by Crippen LogP contribution is 2.11. The third kappa shape index (κ3) is 3.81. The molecule has 0 heterocycles. The SMILES string of the molecule is CC(CNC(=O)c1cc(N)ccc1F)S(C)=O. The first kappa shape index (κ1) is 13.6. The van der Waals surface area contributed by atoms with Crippen LogP contribution < -0.4 is 11.1 Å². The van der Waals surface area contributed by atoms with Crippen LogP contribution in [0.4, 0.5) is 10.1 Å². The highest BCUT2D eigenvalue weighted by atomic mass is 32.2. The smallest absolute Gasteiger partial charge is 0.254 e. The topological polar surface area (TPSA) is 72.2 Å². The van der Waals surface area contributed by atoms with E-state index in [1.165, 1.54) is 12.1 Å². The summed E-state index contributed by atoms with van der Waals surface area (Å²) in [7, 11) is -1.03. The van der Waals surface area contributed by atoms with Crippen molar-refractivity contribution in [1.82, 2.24) is 5.32 Å². The van der Waals surface area contributed by atoms with Crippen LogP contribution in [0.3, 0.4) is 0 Å². The Morgan fingerprint density at radius 1 is 1.59 bits per heavy atom. The number of benzene rings is 1. The molecule has 2 unspecified atom stereocenters. The molecule has 94 valence electrons. The second-order valence-electron chi connectivity index (χ2n) is 3.76. The van der Waals surface area contributed by atoms with Crippen molar-refractivity contribution in [3.05, 3.63) is 29.6 Å². The Labute approximate surface area is 102 Å². The van der Waals surface area contributed by atoms with Crippen LogP contribution in [0, 0.1) is 5.82 Å². The van der Waals surface area contributed by atoms with Gasteiger partial charge < -0.3 is 11.1 Å². The molecule has 0 saturated carbocycles. The number of hydrogen-bond acceptors (Lipinski definition) is 3. The lowest BCUT2D eigenvalue weighted by Crippen LogP contribution is -2.33. The molecule has 1 aromatic carbocycles. The molecule has 1 aromatic rings. The number of nitrogen functional groups attached to an aromatic ring is 1. The number of carbonyl (C=O) groups is 1. The van der Waals surface area contributed by atoms with Gasteiger partial charge in [0, 0.05) is 34.5 Å². The van der Waals surface area contributed by atoms with Crippen molar-refractivity contribution in [1.29, 1.82) is 0 Å². The molecule has 0 saturated heterocycles. The molecule has 0 spiro atoms. The van der Waals surface area contributed by atoms with E-state index in [0.29, 0.717) is 5.69 Å². The maximum Gasteiger partial charge on any atom is 0.254 e. The highest BCUT2D eigenvalue weighted by Gasteiger charge is 2.13. The number of rotatable bonds is 4. The molecule has 0 aliphatic rings. The average Bonchev–Trinajstić information content (AvgIpc) is 2.28. The van der Waals surface area contributed by atoms with E-state index in [9.17, 15) is 13.4 Å². The van der Waals surface area contributed by atoms with Crippen molar-refractivity contribution in [3.63, 3.8) is 0 Å². The Hall–Kier alpha value is -1.43. The number of nitrogens with two attached hydrogens (primary N) is 1. The van der Waals surface area contributed by atoms with E-state index in [-0.39, 0.29) is 17.4 Å². The van der Waals surface area contributed by atoms with Gasteiger partial charge in [0.2, 0.25) is 0 Å². The lowest BCUT2D eigenvalue weighted by Gasteiger charge is -2.10. The molecule has 0 bridgehead atoms. The highest BCUT2D eigenvalue weighted by molar-refractivity contribution is 7.84. The van der Waals surface area contributed by atoms with Crippen LogP contribution in [0.25, 0.3) is 0 Å². The van der Waals surface area contributed by atoms with Gasteiger partial charge in [-0.05, 0) is 25.1 Å². The maximum absolute atomic E-state index is 13.3. The Balaban J connectivity index is 2.70. The third-order valence-corrected chi connectivity index (χ3v) is 3.65. The molecule has 1 amide bonds. The van der Waals surface area contributed by atoms with Gasteiger partial charge in [-0.15, -0.1) is 0 Å².